The first-order chi connectivity index (χ1) is 11.2. The van der Waals surface area contributed by atoms with Gasteiger partial charge >= 0.3 is 11.9 Å². The van der Waals surface area contributed by atoms with E-state index in [1.54, 1.807) is 0 Å². The number of rotatable bonds is 8. The summed E-state index contributed by atoms with van der Waals surface area (Å²) in [6, 6.07) is 5.29. The topological polar surface area (TPSA) is 133 Å². The molecule has 0 saturated heterocycles. The van der Waals surface area contributed by atoms with Crippen molar-refractivity contribution in [1.82, 2.24) is 4.31 Å². The average Bonchev–Trinajstić information content (AvgIpc) is 2.53. The van der Waals surface area contributed by atoms with Crippen molar-refractivity contribution in [3.05, 3.63) is 39.9 Å². The molecule has 0 radical (unpaired) electrons. The molecule has 0 bridgehead atoms. The average molecular weight is 360 g/mol. The van der Waals surface area contributed by atoms with E-state index >= 15 is 0 Å². The van der Waals surface area contributed by atoms with E-state index in [4.69, 9.17) is 0 Å². The van der Waals surface area contributed by atoms with Crippen LogP contribution in [0.3, 0.4) is 0 Å². The molecule has 0 heterocycles. The quantitative estimate of drug-likeness (QED) is 0.361. The molecule has 0 N–H and O–H groups in total. The third kappa shape index (κ3) is 5.28. The summed E-state index contributed by atoms with van der Waals surface area (Å²) in [4.78, 5) is 33.0. The van der Waals surface area contributed by atoms with E-state index < -0.39 is 45.7 Å². The van der Waals surface area contributed by atoms with Crippen molar-refractivity contribution in [2.24, 2.45) is 0 Å². The maximum atomic E-state index is 12.5. The molecule has 0 aliphatic rings. The van der Waals surface area contributed by atoms with Crippen molar-refractivity contribution >= 4 is 27.6 Å². The number of esters is 2. The molecule has 1 rings (SSSR count). The molecule has 0 aliphatic carbocycles. The van der Waals surface area contributed by atoms with Gasteiger partial charge in [-0.2, -0.15) is 4.31 Å². The summed E-state index contributed by atoms with van der Waals surface area (Å²) in [5, 5.41) is 11.0. The Bertz CT molecular complexity index is 713. The maximum absolute atomic E-state index is 12.5. The fraction of sp³-hybridized carbons (Fsp3) is 0.385. The van der Waals surface area contributed by atoms with Gasteiger partial charge in [-0.05, 0) is 0 Å². The monoisotopic (exact) mass is 360 g/mol. The molecule has 11 heteroatoms. The van der Waals surface area contributed by atoms with Crippen molar-refractivity contribution in [3.8, 4) is 0 Å². The van der Waals surface area contributed by atoms with Gasteiger partial charge in [0.05, 0.1) is 24.9 Å². The van der Waals surface area contributed by atoms with Crippen LogP contribution in [0.5, 0.6) is 0 Å². The number of sulfonamides is 1. The van der Waals surface area contributed by atoms with E-state index in [1.165, 1.54) is 18.2 Å². The number of ether oxygens (including phenoxy) is 2. The van der Waals surface area contributed by atoms with E-state index in [1.807, 2.05) is 0 Å². The van der Waals surface area contributed by atoms with Crippen LogP contribution in [0.25, 0.3) is 0 Å². The van der Waals surface area contributed by atoms with Crippen LogP contribution in [0.4, 0.5) is 5.69 Å². The van der Waals surface area contributed by atoms with E-state index in [2.05, 4.69) is 9.47 Å². The number of hydrogen-bond donors (Lipinski definition) is 0. The van der Waals surface area contributed by atoms with Crippen LogP contribution < -0.4 is 0 Å². The number of nitrogens with zero attached hydrogens (tertiary/aromatic N) is 2. The van der Waals surface area contributed by atoms with Crippen molar-refractivity contribution in [3.63, 3.8) is 0 Å². The van der Waals surface area contributed by atoms with Crippen molar-refractivity contribution in [1.29, 1.82) is 0 Å². The molecule has 0 saturated carbocycles. The molecule has 10 nitrogen and oxygen atoms in total. The summed E-state index contributed by atoms with van der Waals surface area (Å²) in [6.07, 6.45) is 0. The van der Waals surface area contributed by atoms with E-state index in [0.717, 1.165) is 20.3 Å². The Morgan fingerprint density at radius 2 is 1.62 bits per heavy atom. The third-order valence-corrected chi connectivity index (χ3v) is 4.71. The molecule has 132 valence electrons. The van der Waals surface area contributed by atoms with Crippen LogP contribution in [0.15, 0.2) is 24.3 Å². The largest absolute Gasteiger partial charge is 0.468 e. The fourth-order valence-corrected chi connectivity index (χ4v) is 3.19. The molecule has 0 fully saturated rings. The molecule has 0 aromatic heterocycles. The first-order valence-corrected chi connectivity index (χ1v) is 8.16. The lowest BCUT2D eigenvalue weighted by molar-refractivity contribution is -0.385. The summed E-state index contributed by atoms with van der Waals surface area (Å²) in [6.45, 7) is -1.43. The van der Waals surface area contributed by atoms with Gasteiger partial charge in [-0.15, -0.1) is 0 Å². The number of para-hydroxylation sites is 1. The van der Waals surface area contributed by atoms with Crippen molar-refractivity contribution in [2.75, 3.05) is 27.3 Å². The Balaban J connectivity index is 3.14. The van der Waals surface area contributed by atoms with E-state index in [-0.39, 0.29) is 11.3 Å². The highest BCUT2D eigenvalue weighted by Gasteiger charge is 2.30. The zero-order valence-corrected chi connectivity index (χ0v) is 13.8. The lowest BCUT2D eigenvalue weighted by atomic mass is 10.2. The van der Waals surface area contributed by atoms with Gasteiger partial charge in [0.15, 0.2) is 0 Å². The fourth-order valence-electron chi connectivity index (χ4n) is 1.77. The first kappa shape index (κ1) is 19.5. The normalized spacial score (nSPS) is 11.1. The molecule has 0 aliphatic heterocycles. The van der Waals surface area contributed by atoms with Crippen LogP contribution in [0.2, 0.25) is 0 Å². The predicted octanol–water partition coefficient (Wildman–Crippen LogP) is 0.0726. The molecular formula is C13H16N2O8S. The van der Waals surface area contributed by atoms with Gasteiger partial charge in [0.25, 0.3) is 5.69 Å². The molecule has 0 spiro atoms. The van der Waals surface area contributed by atoms with Gasteiger partial charge in [0, 0.05) is 11.6 Å². The van der Waals surface area contributed by atoms with Crippen LogP contribution in [0, 0.1) is 10.1 Å². The van der Waals surface area contributed by atoms with Gasteiger partial charge in [-0.1, -0.05) is 18.2 Å². The number of benzene rings is 1. The molecular weight excluding hydrogens is 344 g/mol. The number of hydrogen-bond acceptors (Lipinski definition) is 8. The second-order valence-electron chi connectivity index (χ2n) is 4.56. The summed E-state index contributed by atoms with van der Waals surface area (Å²) in [7, 11) is -2.09. The number of nitro benzene ring substituents is 1. The summed E-state index contributed by atoms with van der Waals surface area (Å²) in [5.41, 5.74) is -0.445. The Hall–Kier alpha value is -2.53. The molecule has 24 heavy (non-hydrogen) atoms. The minimum atomic E-state index is -4.21. The van der Waals surface area contributed by atoms with Crippen LogP contribution in [-0.4, -0.2) is 56.9 Å². The minimum Gasteiger partial charge on any atom is -0.468 e. The van der Waals surface area contributed by atoms with Crippen LogP contribution in [-0.2, 0) is 34.8 Å². The van der Waals surface area contributed by atoms with E-state index in [9.17, 15) is 28.1 Å². The van der Waals surface area contributed by atoms with E-state index in [0.29, 0.717) is 4.31 Å². The van der Waals surface area contributed by atoms with Gasteiger partial charge in [0.1, 0.15) is 13.1 Å². The molecule has 0 unspecified atom stereocenters. The molecule has 1 aromatic carbocycles. The zero-order chi connectivity index (χ0) is 18.3. The molecule has 0 atom stereocenters. The van der Waals surface area contributed by atoms with Crippen molar-refractivity contribution < 1.29 is 32.4 Å². The number of methoxy groups -OCH3 is 2. The highest BCUT2D eigenvalue weighted by molar-refractivity contribution is 7.88. The van der Waals surface area contributed by atoms with Gasteiger partial charge < -0.3 is 9.47 Å². The predicted molar refractivity (Wildman–Crippen MR) is 81.3 cm³/mol. The van der Waals surface area contributed by atoms with Crippen molar-refractivity contribution in [2.45, 2.75) is 5.75 Å². The number of carbonyl (C=O) groups excluding carboxylic acids is 2. The highest BCUT2D eigenvalue weighted by Crippen LogP contribution is 2.21. The molecule has 1 aromatic rings. The summed E-state index contributed by atoms with van der Waals surface area (Å²) >= 11 is 0. The van der Waals surface area contributed by atoms with Crippen LogP contribution in [0.1, 0.15) is 5.56 Å². The van der Waals surface area contributed by atoms with Crippen LogP contribution >= 0.6 is 0 Å². The number of carbonyl (C=O) groups is 2. The highest BCUT2D eigenvalue weighted by atomic mass is 32.2. The first-order valence-electron chi connectivity index (χ1n) is 6.55. The Morgan fingerprint density at radius 1 is 1.12 bits per heavy atom. The molecule has 0 amide bonds. The number of nitro groups is 1. The van der Waals surface area contributed by atoms with Gasteiger partial charge in [-0.3, -0.25) is 19.7 Å². The second kappa shape index (κ2) is 8.36. The maximum Gasteiger partial charge on any atom is 0.321 e. The van der Waals surface area contributed by atoms with Gasteiger partial charge in [-0.25, -0.2) is 8.42 Å². The minimum absolute atomic E-state index is 0.0674. The van der Waals surface area contributed by atoms with Gasteiger partial charge in [0.2, 0.25) is 10.0 Å². The zero-order valence-electron chi connectivity index (χ0n) is 13.0. The SMILES string of the molecule is COC(=O)CN(CC(=O)OC)S(=O)(=O)Cc1ccccc1[N+](=O)[O-]. The second-order valence-corrected chi connectivity index (χ2v) is 6.53. The smallest absolute Gasteiger partial charge is 0.321 e. The Labute approximate surface area is 138 Å². The lowest BCUT2D eigenvalue weighted by Gasteiger charge is -2.19. The summed E-state index contributed by atoms with van der Waals surface area (Å²) in [5.74, 6) is -2.52. The Morgan fingerprint density at radius 3 is 2.08 bits per heavy atom. The Kier molecular flexibility index (Phi) is 6.80. The third-order valence-electron chi connectivity index (χ3n) is 2.99. The summed E-state index contributed by atoms with van der Waals surface area (Å²) < 4.78 is 34.3. The lowest BCUT2D eigenvalue weighted by Crippen LogP contribution is -2.40. The standard InChI is InChI=1S/C13H16N2O8S/c1-22-12(16)7-14(8-13(17)23-2)24(20,21)9-10-5-3-4-6-11(10)15(18)19/h3-6H,7-9H2,1-2H3.